The number of terminal acetylenes is 1. The molecule has 0 radical (unpaired) electrons. The largest absolute Gasteiger partial charge is 0.403 e. The standard InChI is InChI=1S/C13H15N/c1-4-13-8-7-12(9-10(13)2)6-5-11(3)14/h1,7-9H,3,5-6,14H2,2H3. The molecule has 1 nitrogen and oxygen atoms in total. The number of benzene rings is 1. The van der Waals surface area contributed by atoms with Gasteiger partial charge in [-0.2, -0.15) is 0 Å². The quantitative estimate of drug-likeness (QED) is 0.719. The van der Waals surface area contributed by atoms with Crippen molar-refractivity contribution >= 4 is 0 Å². The predicted octanol–water partition coefficient (Wildman–Crippen LogP) is 2.38. The first kappa shape index (κ1) is 10.4. The molecule has 0 aliphatic rings. The van der Waals surface area contributed by atoms with Crippen LogP contribution in [0.4, 0.5) is 0 Å². The van der Waals surface area contributed by atoms with Crippen LogP contribution in [0.5, 0.6) is 0 Å². The van der Waals surface area contributed by atoms with E-state index in [9.17, 15) is 0 Å². The molecular weight excluding hydrogens is 170 g/mol. The van der Waals surface area contributed by atoms with Crippen LogP contribution in [0.3, 0.4) is 0 Å². The number of allylic oxidation sites excluding steroid dienone is 1. The summed E-state index contributed by atoms with van der Waals surface area (Å²) in [6, 6.07) is 6.13. The van der Waals surface area contributed by atoms with Gasteiger partial charge in [-0.25, -0.2) is 0 Å². The van der Waals surface area contributed by atoms with E-state index in [1.54, 1.807) is 0 Å². The minimum absolute atomic E-state index is 0.726. The van der Waals surface area contributed by atoms with Gasteiger partial charge in [-0.15, -0.1) is 6.42 Å². The Morgan fingerprint density at radius 1 is 1.57 bits per heavy atom. The van der Waals surface area contributed by atoms with E-state index < -0.39 is 0 Å². The molecule has 0 bridgehead atoms. The monoisotopic (exact) mass is 185 g/mol. The molecule has 2 N–H and O–H groups in total. The lowest BCUT2D eigenvalue weighted by Gasteiger charge is -2.04. The third-order valence-electron chi connectivity index (χ3n) is 2.18. The van der Waals surface area contributed by atoms with Gasteiger partial charge in [0.15, 0.2) is 0 Å². The van der Waals surface area contributed by atoms with Crippen LogP contribution in [-0.4, -0.2) is 0 Å². The second-order valence-corrected chi connectivity index (χ2v) is 3.45. The lowest BCUT2D eigenvalue weighted by molar-refractivity contribution is 0.929. The van der Waals surface area contributed by atoms with Gasteiger partial charge in [-0.1, -0.05) is 24.6 Å². The molecule has 0 spiro atoms. The molecule has 0 heterocycles. The molecule has 0 aliphatic carbocycles. The average Bonchev–Trinajstić information content (AvgIpc) is 2.15. The molecule has 1 aromatic carbocycles. The van der Waals surface area contributed by atoms with Gasteiger partial charge in [0.25, 0.3) is 0 Å². The second kappa shape index (κ2) is 4.53. The second-order valence-electron chi connectivity index (χ2n) is 3.45. The lowest BCUT2D eigenvalue weighted by atomic mass is 10.0. The number of hydrogen-bond donors (Lipinski definition) is 1. The van der Waals surface area contributed by atoms with Crippen molar-refractivity contribution in [3.63, 3.8) is 0 Å². The minimum atomic E-state index is 0.726. The summed E-state index contributed by atoms with van der Waals surface area (Å²) in [4.78, 5) is 0. The summed E-state index contributed by atoms with van der Waals surface area (Å²) >= 11 is 0. The zero-order valence-corrected chi connectivity index (χ0v) is 8.51. The fraction of sp³-hybridized carbons (Fsp3) is 0.231. The van der Waals surface area contributed by atoms with E-state index in [0.29, 0.717) is 0 Å². The smallest absolute Gasteiger partial charge is 0.0271 e. The highest BCUT2D eigenvalue weighted by Crippen LogP contribution is 2.12. The van der Waals surface area contributed by atoms with Gasteiger partial charge in [0.2, 0.25) is 0 Å². The van der Waals surface area contributed by atoms with Crippen LogP contribution >= 0.6 is 0 Å². The van der Waals surface area contributed by atoms with Gasteiger partial charge in [-0.3, -0.25) is 0 Å². The van der Waals surface area contributed by atoms with E-state index in [1.165, 1.54) is 5.56 Å². The molecule has 0 saturated carbocycles. The van der Waals surface area contributed by atoms with Gasteiger partial charge in [0.05, 0.1) is 0 Å². The first-order valence-corrected chi connectivity index (χ1v) is 4.63. The normalized spacial score (nSPS) is 9.43. The van der Waals surface area contributed by atoms with Crippen molar-refractivity contribution in [2.75, 3.05) is 0 Å². The Morgan fingerprint density at radius 3 is 2.79 bits per heavy atom. The Labute approximate surface area is 85.6 Å². The zero-order valence-electron chi connectivity index (χ0n) is 8.51. The van der Waals surface area contributed by atoms with E-state index in [2.05, 4.69) is 18.6 Å². The van der Waals surface area contributed by atoms with Crippen molar-refractivity contribution in [2.45, 2.75) is 19.8 Å². The number of nitrogens with two attached hydrogens (primary N) is 1. The Hall–Kier alpha value is -1.68. The van der Waals surface area contributed by atoms with Crippen molar-refractivity contribution in [3.8, 4) is 12.3 Å². The molecular formula is C13H15N. The SMILES string of the molecule is C#Cc1ccc(CCC(=C)N)cc1C. The average molecular weight is 185 g/mol. The van der Waals surface area contributed by atoms with Crippen LogP contribution < -0.4 is 5.73 Å². The maximum atomic E-state index is 5.51. The van der Waals surface area contributed by atoms with Crippen LogP contribution in [0.2, 0.25) is 0 Å². The van der Waals surface area contributed by atoms with Crippen LogP contribution in [0.25, 0.3) is 0 Å². The summed E-state index contributed by atoms with van der Waals surface area (Å²) in [6.45, 7) is 5.70. The van der Waals surface area contributed by atoms with E-state index in [-0.39, 0.29) is 0 Å². The maximum Gasteiger partial charge on any atom is 0.0271 e. The molecule has 1 aromatic rings. The summed E-state index contributed by atoms with van der Waals surface area (Å²) in [5.74, 6) is 2.65. The molecule has 0 aromatic heterocycles. The molecule has 0 saturated heterocycles. The summed E-state index contributed by atoms with van der Waals surface area (Å²) in [5, 5.41) is 0. The first-order chi connectivity index (χ1) is 6.63. The van der Waals surface area contributed by atoms with Crippen molar-refractivity contribution < 1.29 is 0 Å². The number of rotatable bonds is 3. The van der Waals surface area contributed by atoms with E-state index in [1.807, 2.05) is 19.1 Å². The lowest BCUT2D eigenvalue weighted by Crippen LogP contribution is -1.97. The molecule has 1 heteroatoms. The maximum absolute atomic E-state index is 5.51. The predicted molar refractivity (Wildman–Crippen MR) is 60.8 cm³/mol. The molecule has 1 rings (SSSR count). The molecule has 0 aliphatic heterocycles. The molecule has 0 atom stereocenters. The number of aryl methyl sites for hydroxylation is 2. The Morgan fingerprint density at radius 2 is 2.29 bits per heavy atom. The van der Waals surface area contributed by atoms with E-state index in [0.717, 1.165) is 29.7 Å². The first-order valence-electron chi connectivity index (χ1n) is 4.63. The van der Waals surface area contributed by atoms with Crippen molar-refractivity contribution in [1.29, 1.82) is 0 Å². The summed E-state index contributed by atoms with van der Waals surface area (Å²) in [6.07, 6.45) is 7.10. The van der Waals surface area contributed by atoms with E-state index >= 15 is 0 Å². The Kier molecular flexibility index (Phi) is 3.36. The summed E-state index contributed by atoms with van der Waals surface area (Å²) in [5.41, 5.74) is 9.60. The van der Waals surface area contributed by atoms with Gasteiger partial charge < -0.3 is 5.73 Å². The van der Waals surface area contributed by atoms with Crippen molar-refractivity contribution in [2.24, 2.45) is 5.73 Å². The highest BCUT2D eigenvalue weighted by atomic mass is 14.5. The fourth-order valence-electron chi connectivity index (χ4n) is 1.35. The van der Waals surface area contributed by atoms with E-state index in [4.69, 9.17) is 12.2 Å². The zero-order chi connectivity index (χ0) is 10.6. The molecule has 0 amide bonds. The molecule has 14 heavy (non-hydrogen) atoms. The van der Waals surface area contributed by atoms with Crippen molar-refractivity contribution in [1.82, 2.24) is 0 Å². The Bertz CT molecular complexity index is 383. The van der Waals surface area contributed by atoms with Gasteiger partial charge in [0.1, 0.15) is 0 Å². The van der Waals surface area contributed by atoms with Crippen LogP contribution in [0.1, 0.15) is 23.1 Å². The topological polar surface area (TPSA) is 26.0 Å². The molecule has 0 fully saturated rings. The van der Waals surface area contributed by atoms with Gasteiger partial charge in [-0.05, 0) is 37.0 Å². The highest BCUT2D eigenvalue weighted by molar-refractivity contribution is 5.41. The van der Waals surface area contributed by atoms with Crippen molar-refractivity contribution in [3.05, 3.63) is 47.2 Å². The minimum Gasteiger partial charge on any atom is -0.403 e. The van der Waals surface area contributed by atoms with Crippen LogP contribution in [-0.2, 0) is 6.42 Å². The van der Waals surface area contributed by atoms with Gasteiger partial charge in [0, 0.05) is 11.3 Å². The van der Waals surface area contributed by atoms with Gasteiger partial charge >= 0.3 is 0 Å². The Balaban J connectivity index is 2.77. The fourth-order valence-corrected chi connectivity index (χ4v) is 1.35. The molecule has 0 unspecified atom stereocenters. The number of hydrogen-bond acceptors (Lipinski definition) is 1. The third kappa shape index (κ3) is 2.67. The van der Waals surface area contributed by atoms with Crippen LogP contribution in [0, 0.1) is 19.3 Å². The molecule has 72 valence electrons. The van der Waals surface area contributed by atoms with Crippen LogP contribution in [0.15, 0.2) is 30.5 Å². The summed E-state index contributed by atoms with van der Waals surface area (Å²) < 4.78 is 0. The third-order valence-corrected chi connectivity index (χ3v) is 2.18. The summed E-state index contributed by atoms with van der Waals surface area (Å²) in [7, 11) is 0. The highest BCUT2D eigenvalue weighted by Gasteiger charge is 1.98.